The second-order valence-corrected chi connectivity index (χ2v) is 5.97. The molecular formula is C16H26N4O. The van der Waals surface area contributed by atoms with E-state index in [1.54, 1.807) is 6.92 Å². The van der Waals surface area contributed by atoms with Crippen molar-refractivity contribution in [3.05, 3.63) is 21.6 Å². The van der Waals surface area contributed by atoms with E-state index in [4.69, 9.17) is 0 Å². The number of aromatic nitrogens is 2. The predicted molar refractivity (Wildman–Crippen MR) is 86.9 cm³/mol. The van der Waals surface area contributed by atoms with Crippen LogP contribution in [0.2, 0.25) is 0 Å². The molecule has 1 aliphatic carbocycles. The zero-order chi connectivity index (χ0) is 15.1. The van der Waals surface area contributed by atoms with Gasteiger partial charge >= 0.3 is 0 Å². The Morgan fingerprint density at radius 1 is 1.14 bits per heavy atom. The molecule has 0 atom stereocenters. The molecule has 5 nitrogen and oxygen atoms in total. The highest BCUT2D eigenvalue weighted by molar-refractivity contribution is 5.61. The first-order valence-electron chi connectivity index (χ1n) is 8.03. The fourth-order valence-electron chi connectivity index (χ4n) is 2.72. The number of nitrogens with zero attached hydrogens (tertiary/aromatic N) is 2. The Balaban J connectivity index is 1.92. The largest absolute Gasteiger partial charge is 0.291 e. The molecule has 2 rings (SSSR count). The maximum Gasteiger partial charge on any atom is 0.255 e. The van der Waals surface area contributed by atoms with E-state index in [2.05, 4.69) is 20.5 Å². The van der Waals surface area contributed by atoms with Crippen molar-refractivity contribution < 1.29 is 0 Å². The third-order valence-electron chi connectivity index (χ3n) is 4.25. The van der Waals surface area contributed by atoms with Crippen molar-refractivity contribution in [3.63, 3.8) is 0 Å². The van der Waals surface area contributed by atoms with Crippen LogP contribution in [-0.4, -0.2) is 16.2 Å². The van der Waals surface area contributed by atoms with Crippen molar-refractivity contribution in [1.82, 2.24) is 9.97 Å². The summed E-state index contributed by atoms with van der Waals surface area (Å²) in [5.74, 6) is 0.955. The molecule has 0 saturated heterocycles. The van der Waals surface area contributed by atoms with E-state index in [1.807, 2.05) is 13.1 Å². The molecule has 0 radical (unpaired) electrons. The first-order valence-corrected chi connectivity index (χ1v) is 8.03. The number of hydrogen-bond acceptors (Lipinski definition) is 4. The van der Waals surface area contributed by atoms with E-state index in [-0.39, 0.29) is 5.56 Å². The van der Waals surface area contributed by atoms with Gasteiger partial charge in [0.15, 0.2) is 0 Å². The minimum absolute atomic E-state index is 0.109. The molecule has 5 heteroatoms. The van der Waals surface area contributed by atoms with Gasteiger partial charge in [-0.2, -0.15) is 5.10 Å². The Morgan fingerprint density at radius 3 is 2.38 bits per heavy atom. The topological polar surface area (TPSA) is 70.1 Å². The molecule has 0 aliphatic heterocycles. The molecule has 2 N–H and O–H groups in total. The molecule has 1 heterocycles. The molecule has 1 aromatic rings. The summed E-state index contributed by atoms with van der Waals surface area (Å²) in [6.07, 6.45) is 12.4. The average molecular weight is 290 g/mol. The minimum atomic E-state index is -0.109. The summed E-state index contributed by atoms with van der Waals surface area (Å²) in [6, 6.07) is 0. The maximum absolute atomic E-state index is 11.7. The average Bonchev–Trinajstić information content (AvgIpc) is 2.58. The predicted octanol–water partition coefficient (Wildman–Crippen LogP) is 3.54. The minimum Gasteiger partial charge on any atom is -0.291 e. The summed E-state index contributed by atoms with van der Waals surface area (Å²) in [6.45, 7) is 3.60. The number of H-pyrrole nitrogens is 1. The van der Waals surface area contributed by atoms with Crippen molar-refractivity contribution in [1.29, 1.82) is 0 Å². The zero-order valence-electron chi connectivity index (χ0n) is 13.1. The van der Waals surface area contributed by atoms with Gasteiger partial charge in [0.05, 0.1) is 0 Å². The van der Waals surface area contributed by atoms with Crippen LogP contribution in [-0.2, 0) is 0 Å². The van der Waals surface area contributed by atoms with E-state index < -0.39 is 0 Å². The number of hydrogen-bond donors (Lipinski definition) is 2. The Labute approximate surface area is 126 Å². The maximum atomic E-state index is 11.7. The summed E-state index contributed by atoms with van der Waals surface area (Å²) in [4.78, 5) is 18.6. The highest BCUT2D eigenvalue weighted by Crippen LogP contribution is 2.20. The van der Waals surface area contributed by atoms with Gasteiger partial charge in [0.1, 0.15) is 0 Å². The van der Waals surface area contributed by atoms with Crippen LogP contribution in [0, 0.1) is 19.8 Å². The molecule has 0 bridgehead atoms. The number of aryl methyl sites for hydroxylation is 1. The molecule has 1 aliphatic rings. The first kappa shape index (κ1) is 15.7. The zero-order valence-corrected chi connectivity index (χ0v) is 13.1. The molecule has 21 heavy (non-hydrogen) atoms. The highest BCUT2D eigenvalue weighted by Gasteiger charge is 2.08. The lowest BCUT2D eigenvalue weighted by molar-refractivity contribution is 0.544. The normalized spacial score (nSPS) is 18.2. The van der Waals surface area contributed by atoms with Gasteiger partial charge in [-0.15, -0.1) is 0 Å². The van der Waals surface area contributed by atoms with Gasteiger partial charge in [-0.3, -0.25) is 9.78 Å². The van der Waals surface area contributed by atoms with Crippen LogP contribution in [0.5, 0.6) is 0 Å². The smallest absolute Gasteiger partial charge is 0.255 e. The Kier molecular flexibility index (Phi) is 5.96. The van der Waals surface area contributed by atoms with Gasteiger partial charge < -0.3 is 0 Å². The Hall–Kier alpha value is -1.65. The van der Waals surface area contributed by atoms with Gasteiger partial charge in [0.25, 0.3) is 5.56 Å². The lowest BCUT2D eigenvalue weighted by atomic mass is 9.98. The summed E-state index contributed by atoms with van der Waals surface area (Å²) in [5.41, 5.74) is 4.14. The number of rotatable bonds is 3. The molecule has 1 aromatic heterocycles. The van der Waals surface area contributed by atoms with E-state index in [9.17, 15) is 4.79 Å². The molecule has 1 fully saturated rings. The SMILES string of the molecule is Cc1nc(N/N=C/C2CCCCCCCC2)[nH]c(=O)c1C. The second kappa shape index (κ2) is 7.96. The van der Waals surface area contributed by atoms with Crippen molar-refractivity contribution in [3.8, 4) is 0 Å². The fraction of sp³-hybridized carbons (Fsp3) is 0.688. The summed E-state index contributed by atoms with van der Waals surface area (Å²) in [7, 11) is 0. The standard InChI is InChI=1S/C16H26N4O/c1-12-13(2)18-16(19-15(12)21)20-17-11-14-9-7-5-3-4-6-8-10-14/h11,14H,3-10H2,1-2H3,(H2,18,19,20,21)/b17-11+. The molecule has 0 aromatic carbocycles. The van der Waals surface area contributed by atoms with E-state index in [0.717, 1.165) is 5.69 Å². The van der Waals surface area contributed by atoms with Crippen LogP contribution in [0.15, 0.2) is 9.90 Å². The summed E-state index contributed by atoms with van der Waals surface area (Å²) >= 11 is 0. The van der Waals surface area contributed by atoms with Gasteiger partial charge in [0, 0.05) is 17.5 Å². The summed E-state index contributed by atoms with van der Waals surface area (Å²) < 4.78 is 0. The Bertz CT molecular complexity index is 526. The third-order valence-corrected chi connectivity index (χ3v) is 4.25. The van der Waals surface area contributed by atoms with Crippen LogP contribution < -0.4 is 11.0 Å². The van der Waals surface area contributed by atoms with Crippen molar-refractivity contribution in [2.75, 3.05) is 5.43 Å². The monoisotopic (exact) mass is 290 g/mol. The number of nitrogens with one attached hydrogen (secondary N) is 2. The van der Waals surface area contributed by atoms with E-state index in [1.165, 1.54) is 51.4 Å². The number of hydrazone groups is 1. The molecule has 116 valence electrons. The first-order chi connectivity index (χ1) is 10.2. The van der Waals surface area contributed by atoms with Crippen LogP contribution in [0.3, 0.4) is 0 Å². The van der Waals surface area contributed by atoms with Gasteiger partial charge in [-0.25, -0.2) is 10.4 Å². The molecular weight excluding hydrogens is 264 g/mol. The third kappa shape index (κ3) is 4.99. The molecule has 1 saturated carbocycles. The molecule has 0 amide bonds. The quantitative estimate of drug-likeness (QED) is 0.661. The lowest BCUT2D eigenvalue weighted by Gasteiger charge is -2.10. The van der Waals surface area contributed by atoms with Crippen molar-refractivity contribution in [2.45, 2.75) is 65.2 Å². The summed E-state index contributed by atoms with van der Waals surface area (Å²) in [5, 5.41) is 4.27. The van der Waals surface area contributed by atoms with Crippen LogP contribution >= 0.6 is 0 Å². The van der Waals surface area contributed by atoms with Crippen LogP contribution in [0.25, 0.3) is 0 Å². The fourth-order valence-corrected chi connectivity index (χ4v) is 2.72. The van der Waals surface area contributed by atoms with Crippen molar-refractivity contribution >= 4 is 12.2 Å². The number of anilines is 1. The van der Waals surface area contributed by atoms with Crippen molar-refractivity contribution in [2.24, 2.45) is 11.0 Å². The van der Waals surface area contributed by atoms with Gasteiger partial charge in [0.2, 0.25) is 5.95 Å². The lowest BCUT2D eigenvalue weighted by Crippen LogP contribution is -2.15. The van der Waals surface area contributed by atoms with Crippen LogP contribution in [0.1, 0.15) is 62.6 Å². The van der Waals surface area contributed by atoms with Gasteiger partial charge in [-0.05, 0) is 32.6 Å². The van der Waals surface area contributed by atoms with E-state index in [0.29, 0.717) is 17.4 Å². The molecule has 0 spiro atoms. The second-order valence-electron chi connectivity index (χ2n) is 5.97. The van der Waals surface area contributed by atoms with Gasteiger partial charge in [-0.1, -0.05) is 38.5 Å². The number of aromatic amines is 1. The van der Waals surface area contributed by atoms with Crippen LogP contribution in [0.4, 0.5) is 5.95 Å². The Morgan fingerprint density at radius 2 is 1.76 bits per heavy atom. The van der Waals surface area contributed by atoms with E-state index >= 15 is 0 Å². The molecule has 0 unspecified atom stereocenters. The highest BCUT2D eigenvalue weighted by atomic mass is 16.1.